The molecule has 0 unspecified atom stereocenters. The fraction of sp³-hybridized carbons (Fsp3) is 0.154. The monoisotopic (exact) mass is 255 g/mol. The number of aromatic nitrogens is 2. The molecule has 19 heavy (non-hydrogen) atoms. The van der Waals surface area contributed by atoms with Crippen LogP contribution in [0.3, 0.4) is 0 Å². The normalized spacial score (nSPS) is 9.74. The van der Waals surface area contributed by atoms with Crippen molar-refractivity contribution in [2.24, 2.45) is 0 Å². The van der Waals surface area contributed by atoms with E-state index in [-0.39, 0.29) is 6.03 Å². The van der Waals surface area contributed by atoms with Gasteiger partial charge in [0.25, 0.3) is 0 Å². The zero-order valence-corrected chi connectivity index (χ0v) is 10.6. The fourth-order valence-corrected chi connectivity index (χ4v) is 1.68. The first-order chi connectivity index (χ1) is 9.10. The number of nitrogens with zero attached hydrogens (tertiary/aromatic N) is 2. The molecule has 96 valence electrons. The highest BCUT2D eigenvalue weighted by molar-refractivity contribution is 6.00. The second-order valence-corrected chi connectivity index (χ2v) is 4.08. The van der Waals surface area contributed by atoms with Gasteiger partial charge in [0.15, 0.2) is 0 Å². The maximum absolute atomic E-state index is 11.8. The first-order valence-electron chi connectivity index (χ1n) is 5.70. The lowest BCUT2D eigenvalue weighted by Crippen LogP contribution is -2.20. The van der Waals surface area contributed by atoms with Crippen LogP contribution in [0, 0.1) is 25.2 Å². The van der Waals surface area contributed by atoms with Crippen molar-refractivity contribution in [1.29, 1.82) is 5.26 Å². The van der Waals surface area contributed by atoms with E-state index >= 15 is 0 Å². The molecule has 0 saturated heterocycles. The minimum absolute atomic E-state index is 0.373. The predicted molar refractivity (Wildman–Crippen MR) is 71.9 cm³/mol. The first-order valence-corrected chi connectivity index (χ1v) is 5.70. The van der Waals surface area contributed by atoms with Gasteiger partial charge in [-0.25, -0.2) is 4.79 Å². The van der Waals surface area contributed by atoms with E-state index in [0.29, 0.717) is 16.9 Å². The van der Waals surface area contributed by atoms with Crippen LogP contribution in [0.5, 0.6) is 0 Å². The number of nitrogens with one attached hydrogen (secondary N) is 3. The van der Waals surface area contributed by atoms with Crippen molar-refractivity contribution in [3.05, 3.63) is 41.2 Å². The van der Waals surface area contributed by atoms with Gasteiger partial charge in [-0.05, 0) is 32.0 Å². The van der Waals surface area contributed by atoms with E-state index in [1.165, 1.54) is 0 Å². The average Bonchev–Trinajstić information content (AvgIpc) is 2.71. The Morgan fingerprint density at radius 3 is 2.79 bits per heavy atom. The van der Waals surface area contributed by atoms with Gasteiger partial charge in [-0.2, -0.15) is 10.4 Å². The van der Waals surface area contributed by atoms with Crippen LogP contribution >= 0.6 is 0 Å². The Hall–Kier alpha value is -2.81. The van der Waals surface area contributed by atoms with Crippen molar-refractivity contribution in [3.63, 3.8) is 0 Å². The van der Waals surface area contributed by atoms with E-state index in [1.807, 2.05) is 13.0 Å². The Labute approximate surface area is 110 Å². The standard InChI is InChI=1S/C13H13N5O/c1-8-12(9(2)18-17-8)16-13(19)15-11-5-3-4-10(6-11)7-14/h3-6H,1-2H3,(H,17,18)(H2,15,16,19). The van der Waals surface area contributed by atoms with Crippen molar-refractivity contribution in [1.82, 2.24) is 10.2 Å². The number of aryl methyl sites for hydroxylation is 2. The molecular formula is C13H13N5O. The topological polar surface area (TPSA) is 93.6 Å². The van der Waals surface area contributed by atoms with E-state index < -0.39 is 0 Å². The fourth-order valence-electron chi connectivity index (χ4n) is 1.68. The number of hydrogen-bond acceptors (Lipinski definition) is 3. The van der Waals surface area contributed by atoms with Gasteiger partial charge in [0.05, 0.1) is 28.7 Å². The van der Waals surface area contributed by atoms with Gasteiger partial charge in [-0.15, -0.1) is 0 Å². The summed E-state index contributed by atoms with van der Waals surface area (Å²) >= 11 is 0. The third kappa shape index (κ3) is 2.90. The Kier molecular flexibility index (Phi) is 3.48. The lowest BCUT2D eigenvalue weighted by atomic mass is 10.2. The van der Waals surface area contributed by atoms with E-state index in [9.17, 15) is 4.79 Å². The Morgan fingerprint density at radius 2 is 2.16 bits per heavy atom. The first kappa shape index (κ1) is 12.6. The summed E-state index contributed by atoms with van der Waals surface area (Å²) in [4.78, 5) is 11.8. The van der Waals surface area contributed by atoms with Crippen molar-refractivity contribution in [2.45, 2.75) is 13.8 Å². The second kappa shape index (κ2) is 5.23. The molecule has 0 atom stereocenters. The molecule has 0 aliphatic carbocycles. The zero-order valence-electron chi connectivity index (χ0n) is 10.6. The molecule has 3 N–H and O–H groups in total. The number of urea groups is 1. The lowest BCUT2D eigenvalue weighted by Gasteiger charge is -2.07. The number of amides is 2. The average molecular weight is 255 g/mol. The summed E-state index contributed by atoms with van der Waals surface area (Å²) in [5, 5.41) is 21.0. The number of hydrogen-bond donors (Lipinski definition) is 3. The molecule has 0 aliphatic heterocycles. The SMILES string of the molecule is Cc1n[nH]c(C)c1NC(=O)Nc1cccc(C#N)c1. The van der Waals surface area contributed by atoms with Crippen LogP contribution in [-0.4, -0.2) is 16.2 Å². The molecule has 2 rings (SSSR count). The minimum atomic E-state index is -0.373. The molecule has 2 amide bonds. The highest BCUT2D eigenvalue weighted by atomic mass is 16.2. The molecule has 2 aromatic rings. The van der Waals surface area contributed by atoms with E-state index in [1.54, 1.807) is 31.2 Å². The van der Waals surface area contributed by atoms with E-state index in [4.69, 9.17) is 5.26 Å². The van der Waals surface area contributed by atoms with Crippen LogP contribution in [0.1, 0.15) is 17.0 Å². The van der Waals surface area contributed by atoms with Gasteiger partial charge in [0, 0.05) is 5.69 Å². The van der Waals surface area contributed by atoms with Gasteiger partial charge >= 0.3 is 6.03 Å². The van der Waals surface area contributed by atoms with Crippen LogP contribution in [0.25, 0.3) is 0 Å². The number of H-pyrrole nitrogens is 1. The van der Waals surface area contributed by atoms with Crippen LogP contribution < -0.4 is 10.6 Å². The van der Waals surface area contributed by atoms with Crippen molar-refractivity contribution < 1.29 is 4.79 Å². The molecule has 6 heteroatoms. The number of rotatable bonds is 2. The zero-order chi connectivity index (χ0) is 13.8. The molecule has 0 spiro atoms. The van der Waals surface area contributed by atoms with Gasteiger partial charge in [-0.3, -0.25) is 5.10 Å². The number of anilines is 2. The number of carbonyl (C=O) groups excluding carboxylic acids is 1. The predicted octanol–water partition coefficient (Wildman–Crippen LogP) is 2.54. The van der Waals surface area contributed by atoms with Crippen molar-refractivity contribution >= 4 is 17.4 Å². The van der Waals surface area contributed by atoms with Gasteiger partial charge in [-0.1, -0.05) is 6.07 Å². The summed E-state index contributed by atoms with van der Waals surface area (Å²) in [6.07, 6.45) is 0. The summed E-state index contributed by atoms with van der Waals surface area (Å²) in [5.74, 6) is 0. The number of nitriles is 1. The summed E-state index contributed by atoms with van der Waals surface area (Å²) in [7, 11) is 0. The molecule has 6 nitrogen and oxygen atoms in total. The summed E-state index contributed by atoms with van der Waals surface area (Å²) in [6.45, 7) is 3.63. The van der Waals surface area contributed by atoms with Gasteiger partial charge in [0.2, 0.25) is 0 Å². The molecule has 0 bridgehead atoms. The maximum atomic E-state index is 11.8. The molecular weight excluding hydrogens is 242 g/mol. The molecule has 1 aromatic carbocycles. The van der Waals surface area contributed by atoms with Crippen LogP contribution in [0.15, 0.2) is 24.3 Å². The number of carbonyl (C=O) groups is 1. The molecule has 0 saturated carbocycles. The Balaban J connectivity index is 2.08. The largest absolute Gasteiger partial charge is 0.323 e. The summed E-state index contributed by atoms with van der Waals surface area (Å²) < 4.78 is 0. The summed E-state index contributed by atoms with van der Waals surface area (Å²) in [5.41, 5.74) is 3.23. The maximum Gasteiger partial charge on any atom is 0.323 e. The van der Waals surface area contributed by atoms with Crippen molar-refractivity contribution in [2.75, 3.05) is 10.6 Å². The van der Waals surface area contributed by atoms with Gasteiger partial charge < -0.3 is 10.6 Å². The highest BCUT2D eigenvalue weighted by Crippen LogP contribution is 2.17. The van der Waals surface area contributed by atoms with Gasteiger partial charge in [0.1, 0.15) is 0 Å². The highest BCUT2D eigenvalue weighted by Gasteiger charge is 2.10. The second-order valence-electron chi connectivity index (χ2n) is 4.08. The molecule has 0 fully saturated rings. The minimum Gasteiger partial charge on any atom is -0.308 e. The van der Waals surface area contributed by atoms with E-state index in [2.05, 4.69) is 20.8 Å². The molecule has 1 heterocycles. The molecule has 0 aliphatic rings. The lowest BCUT2D eigenvalue weighted by molar-refractivity contribution is 0.262. The van der Waals surface area contributed by atoms with Crippen LogP contribution in [0.4, 0.5) is 16.2 Å². The van der Waals surface area contributed by atoms with Crippen molar-refractivity contribution in [3.8, 4) is 6.07 Å². The quantitative estimate of drug-likeness (QED) is 0.769. The van der Waals surface area contributed by atoms with Crippen LogP contribution in [-0.2, 0) is 0 Å². The smallest absolute Gasteiger partial charge is 0.308 e. The molecule has 0 radical (unpaired) electrons. The third-order valence-corrected chi connectivity index (χ3v) is 2.62. The Bertz CT molecular complexity index is 634. The van der Waals surface area contributed by atoms with E-state index in [0.717, 1.165) is 11.4 Å². The number of benzene rings is 1. The molecule has 1 aromatic heterocycles. The summed E-state index contributed by atoms with van der Waals surface area (Å²) in [6, 6.07) is 8.35. The van der Waals surface area contributed by atoms with Crippen LogP contribution in [0.2, 0.25) is 0 Å². The number of aromatic amines is 1. The third-order valence-electron chi connectivity index (χ3n) is 2.62. The Morgan fingerprint density at radius 1 is 1.37 bits per heavy atom.